The Morgan fingerprint density at radius 2 is 2.00 bits per heavy atom. The first kappa shape index (κ1) is 11.2. The Labute approximate surface area is 74.1 Å². The van der Waals surface area contributed by atoms with Crippen LogP contribution < -0.4 is 0 Å². The fourth-order valence-corrected chi connectivity index (χ4v) is 2.05. The van der Waals surface area contributed by atoms with Gasteiger partial charge < -0.3 is 4.43 Å². The van der Waals surface area contributed by atoms with E-state index in [9.17, 15) is 0 Å². The number of hydrogen-bond acceptors (Lipinski definition) is 1. The van der Waals surface area contributed by atoms with Crippen LogP contribution in [0.25, 0.3) is 0 Å². The summed E-state index contributed by atoms with van der Waals surface area (Å²) < 4.78 is 5.30. The highest BCUT2D eigenvalue weighted by atomic mass is 28.2. The van der Waals surface area contributed by atoms with Crippen molar-refractivity contribution in [3.8, 4) is 0 Å². The van der Waals surface area contributed by atoms with Gasteiger partial charge in [0.1, 0.15) is 10.5 Å². The van der Waals surface area contributed by atoms with Gasteiger partial charge in [0, 0.05) is 6.61 Å². The molecule has 1 nitrogen and oxygen atoms in total. The third-order valence-electron chi connectivity index (χ3n) is 1.90. The minimum absolute atomic E-state index is 0.817. The Balaban J connectivity index is 3.50. The first-order valence-corrected chi connectivity index (χ1v) is 5.51. The Morgan fingerprint density at radius 1 is 1.36 bits per heavy atom. The molecule has 2 heteroatoms. The topological polar surface area (TPSA) is 9.23 Å². The average Bonchev–Trinajstić information content (AvgIpc) is 1.87. The maximum Gasteiger partial charge on any atom is 0.145 e. The summed E-state index contributed by atoms with van der Waals surface area (Å²) in [5, 5.41) is 0. The Bertz CT molecular complexity index is 77.6. The van der Waals surface area contributed by atoms with Gasteiger partial charge in [-0.2, -0.15) is 0 Å². The summed E-state index contributed by atoms with van der Waals surface area (Å²) in [4.78, 5) is 0. The van der Waals surface area contributed by atoms with Crippen LogP contribution in [0.1, 0.15) is 40.0 Å². The Kier molecular flexibility index (Phi) is 6.97. The Hall–Kier alpha value is 0.177. The molecule has 0 bridgehead atoms. The zero-order valence-electron chi connectivity index (χ0n) is 8.39. The van der Waals surface area contributed by atoms with Crippen molar-refractivity contribution in [2.75, 3.05) is 6.61 Å². The van der Waals surface area contributed by atoms with Crippen molar-refractivity contribution in [2.45, 2.75) is 40.0 Å². The zero-order chi connectivity index (χ0) is 8.69. The predicted octanol–water partition coefficient (Wildman–Crippen LogP) is 1.75. The van der Waals surface area contributed by atoms with Gasteiger partial charge in [-0.05, 0) is 24.7 Å². The lowest BCUT2D eigenvalue weighted by atomic mass is 9.94. The molecule has 0 aromatic heterocycles. The zero-order valence-corrected chi connectivity index (χ0v) is 10.4. The van der Waals surface area contributed by atoms with Crippen LogP contribution in [0.3, 0.4) is 0 Å². The lowest BCUT2D eigenvalue weighted by Crippen LogP contribution is -2.11. The third kappa shape index (κ3) is 6.57. The third-order valence-corrected chi connectivity index (χ3v) is 2.24. The molecule has 0 N–H and O–H groups in total. The maximum absolute atomic E-state index is 5.30. The van der Waals surface area contributed by atoms with Crippen LogP contribution in [0, 0.1) is 11.8 Å². The minimum Gasteiger partial charge on any atom is -0.428 e. The van der Waals surface area contributed by atoms with Crippen LogP contribution in [0.2, 0.25) is 0 Å². The van der Waals surface area contributed by atoms with E-state index in [1.807, 2.05) is 0 Å². The average molecular weight is 174 g/mol. The molecular formula is C9H22OSi. The van der Waals surface area contributed by atoms with E-state index < -0.39 is 0 Å². The van der Waals surface area contributed by atoms with Crippen LogP contribution in [-0.4, -0.2) is 17.1 Å². The van der Waals surface area contributed by atoms with E-state index >= 15 is 0 Å². The largest absolute Gasteiger partial charge is 0.428 e. The van der Waals surface area contributed by atoms with Crippen molar-refractivity contribution in [3.05, 3.63) is 0 Å². The highest BCUT2D eigenvalue weighted by molar-refractivity contribution is 5.97. The van der Waals surface area contributed by atoms with Crippen LogP contribution in [-0.2, 0) is 4.43 Å². The second-order valence-corrected chi connectivity index (χ2v) is 4.32. The molecular weight excluding hydrogens is 152 g/mol. The molecule has 11 heavy (non-hydrogen) atoms. The molecule has 0 spiro atoms. The second-order valence-electron chi connectivity index (χ2n) is 3.74. The van der Waals surface area contributed by atoms with Gasteiger partial charge in [0.25, 0.3) is 0 Å². The van der Waals surface area contributed by atoms with Gasteiger partial charge in [0.05, 0.1) is 0 Å². The van der Waals surface area contributed by atoms with E-state index in [-0.39, 0.29) is 0 Å². The minimum atomic E-state index is 0.817. The monoisotopic (exact) mass is 174 g/mol. The molecule has 0 radical (unpaired) electrons. The molecule has 0 fully saturated rings. The van der Waals surface area contributed by atoms with Crippen molar-refractivity contribution >= 4 is 10.5 Å². The molecule has 0 aliphatic heterocycles. The van der Waals surface area contributed by atoms with Crippen molar-refractivity contribution in [2.24, 2.45) is 11.8 Å². The van der Waals surface area contributed by atoms with Gasteiger partial charge in [0.2, 0.25) is 0 Å². The van der Waals surface area contributed by atoms with E-state index in [1.165, 1.54) is 19.3 Å². The molecule has 0 saturated heterocycles. The van der Waals surface area contributed by atoms with E-state index in [2.05, 4.69) is 20.8 Å². The molecule has 0 aromatic carbocycles. The van der Waals surface area contributed by atoms with Crippen LogP contribution in [0.4, 0.5) is 0 Å². The first-order valence-electron chi connectivity index (χ1n) is 4.69. The number of hydrogen-bond donors (Lipinski definition) is 0. The highest BCUT2D eigenvalue weighted by Gasteiger charge is 2.08. The van der Waals surface area contributed by atoms with E-state index in [1.54, 1.807) is 0 Å². The van der Waals surface area contributed by atoms with Gasteiger partial charge >= 0.3 is 0 Å². The predicted molar refractivity (Wildman–Crippen MR) is 53.7 cm³/mol. The van der Waals surface area contributed by atoms with Gasteiger partial charge in [0.15, 0.2) is 0 Å². The summed E-state index contributed by atoms with van der Waals surface area (Å²) in [6.45, 7) is 7.82. The standard InChI is InChI=1S/C9H22OSi/c1-4-5-9(7-10-11)6-8(2)3/h8-9H,4-7H2,1-3,11H3. The summed E-state index contributed by atoms with van der Waals surface area (Å²) >= 11 is 0. The van der Waals surface area contributed by atoms with Crippen molar-refractivity contribution < 1.29 is 4.43 Å². The van der Waals surface area contributed by atoms with Gasteiger partial charge in [-0.1, -0.05) is 27.2 Å². The lowest BCUT2D eigenvalue weighted by molar-refractivity contribution is 0.231. The SMILES string of the molecule is CCCC(CO[SiH3])CC(C)C. The van der Waals surface area contributed by atoms with Crippen molar-refractivity contribution in [3.63, 3.8) is 0 Å². The molecule has 0 amide bonds. The molecule has 0 saturated carbocycles. The summed E-state index contributed by atoms with van der Waals surface area (Å²) in [6, 6.07) is 0. The second kappa shape index (κ2) is 6.86. The molecule has 68 valence electrons. The smallest absolute Gasteiger partial charge is 0.145 e. The highest BCUT2D eigenvalue weighted by Crippen LogP contribution is 2.16. The molecule has 0 rings (SSSR count). The molecule has 0 aromatic rings. The van der Waals surface area contributed by atoms with Crippen molar-refractivity contribution in [1.82, 2.24) is 0 Å². The maximum atomic E-state index is 5.30. The van der Waals surface area contributed by atoms with E-state index in [0.717, 1.165) is 28.9 Å². The molecule has 0 heterocycles. The quantitative estimate of drug-likeness (QED) is 0.557. The molecule has 0 aliphatic carbocycles. The molecule has 0 aliphatic rings. The van der Waals surface area contributed by atoms with E-state index in [0.29, 0.717) is 0 Å². The van der Waals surface area contributed by atoms with Crippen LogP contribution in [0.5, 0.6) is 0 Å². The summed E-state index contributed by atoms with van der Waals surface area (Å²) in [6.07, 6.45) is 3.96. The van der Waals surface area contributed by atoms with E-state index in [4.69, 9.17) is 4.43 Å². The van der Waals surface area contributed by atoms with Crippen LogP contribution >= 0.6 is 0 Å². The lowest BCUT2D eigenvalue weighted by Gasteiger charge is -2.17. The van der Waals surface area contributed by atoms with Gasteiger partial charge in [-0.15, -0.1) is 0 Å². The van der Waals surface area contributed by atoms with Gasteiger partial charge in [-0.25, -0.2) is 0 Å². The summed E-state index contributed by atoms with van der Waals surface area (Å²) in [5.41, 5.74) is 0. The molecule has 1 unspecified atom stereocenters. The summed E-state index contributed by atoms with van der Waals surface area (Å²) in [7, 11) is 0.894. The fraction of sp³-hybridized carbons (Fsp3) is 1.00. The first-order chi connectivity index (χ1) is 5.20. The normalized spacial score (nSPS) is 14.2. The van der Waals surface area contributed by atoms with Crippen LogP contribution in [0.15, 0.2) is 0 Å². The summed E-state index contributed by atoms with van der Waals surface area (Å²) in [5.74, 6) is 1.64. The molecule has 1 atom stereocenters. The Morgan fingerprint density at radius 3 is 2.36 bits per heavy atom. The van der Waals surface area contributed by atoms with Crippen molar-refractivity contribution in [1.29, 1.82) is 0 Å². The number of rotatable bonds is 6. The van der Waals surface area contributed by atoms with Gasteiger partial charge in [-0.3, -0.25) is 0 Å². The fourth-order valence-electron chi connectivity index (χ4n) is 1.58.